The Bertz CT molecular complexity index is 398. The van der Waals surface area contributed by atoms with Crippen molar-refractivity contribution in [2.75, 3.05) is 0 Å². The van der Waals surface area contributed by atoms with Crippen LogP contribution in [0, 0.1) is 5.92 Å². The van der Waals surface area contributed by atoms with Gasteiger partial charge in [-0.2, -0.15) is 0 Å². The molecular weight excluding hydrogens is 180 g/mol. The van der Waals surface area contributed by atoms with E-state index >= 15 is 0 Å². The van der Waals surface area contributed by atoms with Crippen LogP contribution in [0.2, 0.25) is 0 Å². The van der Waals surface area contributed by atoms with Gasteiger partial charge in [0.05, 0.1) is 0 Å². The Morgan fingerprint density at radius 1 is 1.27 bits per heavy atom. The molecule has 0 saturated carbocycles. The van der Waals surface area contributed by atoms with Gasteiger partial charge in [0.15, 0.2) is 0 Å². The molecule has 0 aliphatic rings. The smallest absolute Gasteiger partial charge is 0.0187 e. The van der Waals surface area contributed by atoms with Gasteiger partial charge < -0.3 is 0 Å². The molecule has 0 N–H and O–H groups in total. The average Bonchev–Trinajstić information content (AvgIpc) is 2.21. The minimum absolute atomic E-state index is 0. The van der Waals surface area contributed by atoms with Crippen LogP contribution in [-0.4, -0.2) is 0 Å². The fourth-order valence-electron chi connectivity index (χ4n) is 1.37. The van der Waals surface area contributed by atoms with E-state index < -0.39 is 0 Å². The van der Waals surface area contributed by atoms with Gasteiger partial charge in [0.1, 0.15) is 0 Å². The Morgan fingerprint density at radius 2 is 1.87 bits per heavy atom. The van der Waals surface area contributed by atoms with Crippen LogP contribution in [0.5, 0.6) is 0 Å². The van der Waals surface area contributed by atoms with Crippen molar-refractivity contribution in [3.05, 3.63) is 47.4 Å². The van der Waals surface area contributed by atoms with Gasteiger partial charge in [-0.1, -0.05) is 76.8 Å². The van der Waals surface area contributed by atoms with E-state index in [1.165, 1.54) is 16.9 Å². The lowest BCUT2D eigenvalue weighted by molar-refractivity contribution is 0.734. The minimum atomic E-state index is 0. The predicted molar refractivity (Wildman–Crippen MR) is 71.0 cm³/mol. The lowest BCUT2D eigenvalue weighted by atomic mass is 10.1. The second kappa shape index (κ2) is 7.05. The highest BCUT2D eigenvalue weighted by Crippen LogP contribution is 2.00. The Kier molecular flexibility index (Phi) is 6.44. The molecule has 0 aliphatic heterocycles. The normalized spacial score (nSPS) is 14.5. The number of hydrogen-bond acceptors (Lipinski definition) is 0. The van der Waals surface area contributed by atoms with E-state index in [0.29, 0.717) is 5.92 Å². The minimum Gasteiger partial charge on any atom is -0.0990 e. The number of rotatable bonds is 3. The summed E-state index contributed by atoms with van der Waals surface area (Å²) in [6, 6.07) is 8.41. The van der Waals surface area contributed by atoms with E-state index in [2.05, 4.69) is 50.8 Å². The van der Waals surface area contributed by atoms with Crippen molar-refractivity contribution in [3.8, 4) is 0 Å². The summed E-state index contributed by atoms with van der Waals surface area (Å²) in [5, 5.41) is 2.56. The van der Waals surface area contributed by atoms with Crippen molar-refractivity contribution >= 4 is 12.2 Å². The van der Waals surface area contributed by atoms with Crippen molar-refractivity contribution in [2.24, 2.45) is 5.92 Å². The highest BCUT2D eigenvalue weighted by atomic mass is 14.0. The first kappa shape index (κ1) is 13.7. The SMILES string of the molecule is C.C=C/C=c1/cccc/c1=C/C(C)CC. The molecule has 0 aliphatic carbocycles. The highest BCUT2D eigenvalue weighted by Gasteiger charge is 1.91. The predicted octanol–water partition coefficient (Wildman–Crippen LogP) is 3.12. The standard InChI is InChI=1S/C14H18.CH4/c1-4-8-13-9-6-7-10-14(13)11-12(3)5-2;/h4,6-12H,1,5H2,2-3H3;1H4/b13-8-,14-11-;. The van der Waals surface area contributed by atoms with Crippen LogP contribution in [0.25, 0.3) is 12.2 Å². The molecule has 0 heterocycles. The van der Waals surface area contributed by atoms with Gasteiger partial charge in [-0.25, -0.2) is 0 Å². The fraction of sp³-hybridized carbons (Fsp3) is 0.333. The second-order valence-electron chi connectivity index (χ2n) is 3.58. The van der Waals surface area contributed by atoms with Crippen molar-refractivity contribution in [1.82, 2.24) is 0 Å². The third-order valence-corrected chi connectivity index (χ3v) is 2.40. The van der Waals surface area contributed by atoms with E-state index in [0.717, 1.165) is 0 Å². The first-order chi connectivity index (χ1) is 6.77. The molecule has 1 rings (SSSR count). The Labute approximate surface area is 93.7 Å². The molecule has 0 amide bonds. The summed E-state index contributed by atoms with van der Waals surface area (Å²) < 4.78 is 0. The lowest BCUT2D eigenvalue weighted by Crippen LogP contribution is -2.24. The first-order valence-electron chi connectivity index (χ1n) is 5.17. The summed E-state index contributed by atoms with van der Waals surface area (Å²) in [7, 11) is 0. The molecule has 0 heteroatoms. The van der Waals surface area contributed by atoms with Crippen molar-refractivity contribution in [1.29, 1.82) is 0 Å². The van der Waals surface area contributed by atoms with Gasteiger partial charge in [-0.3, -0.25) is 0 Å². The molecule has 82 valence electrons. The van der Waals surface area contributed by atoms with Crippen LogP contribution in [0.4, 0.5) is 0 Å². The van der Waals surface area contributed by atoms with Gasteiger partial charge in [0.2, 0.25) is 0 Å². The van der Waals surface area contributed by atoms with Gasteiger partial charge in [-0.05, 0) is 16.4 Å². The van der Waals surface area contributed by atoms with Crippen LogP contribution >= 0.6 is 0 Å². The summed E-state index contributed by atoms with van der Waals surface area (Å²) in [5.74, 6) is 0.634. The summed E-state index contributed by atoms with van der Waals surface area (Å²) >= 11 is 0. The average molecular weight is 202 g/mol. The third-order valence-electron chi connectivity index (χ3n) is 2.40. The molecule has 0 fully saturated rings. The Morgan fingerprint density at radius 3 is 2.40 bits per heavy atom. The van der Waals surface area contributed by atoms with Crippen LogP contribution in [-0.2, 0) is 0 Å². The van der Waals surface area contributed by atoms with Gasteiger partial charge >= 0.3 is 0 Å². The number of allylic oxidation sites excluding steroid dienone is 1. The number of benzene rings is 1. The van der Waals surface area contributed by atoms with Crippen LogP contribution in [0.3, 0.4) is 0 Å². The zero-order valence-corrected chi connectivity index (χ0v) is 9.03. The molecule has 15 heavy (non-hydrogen) atoms. The molecule has 1 unspecified atom stereocenters. The van der Waals surface area contributed by atoms with Crippen molar-refractivity contribution in [2.45, 2.75) is 27.7 Å². The van der Waals surface area contributed by atoms with E-state index in [9.17, 15) is 0 Å². The monoisotopic (exact) mass is 202 g/mol. The zero-order chi connectivity index (χ0) is 10.4. The van der Waals surface area contributed by atoms with Gasteiger partial charge in [-0.15, -0.1) is 0 Å². The first-order valence-corrected chi connectivity index (χ1v) is 5.17. The van der Waals surface area contributed by atoms with E-state index in [4.69, 9.17) is 0 Å². The maximum absolute atomic E-state index is 3.73. The summed E-state index contributed by atoms with van der Waals surface area (Å²) in [4.78, 5) is 0. The Balaban J connectivity index is 0.00000196. The summed E-state index contributed by atoms with van der Waals surface area (Å²) in [6.45, 7) is 8.18. The van der Waals surface area contributed by atoms with Crippen LogP contribution in [0.1, 0.15) is 27.7 Å². The van der Waals surface area contributed by atoms with Crippen molar-refractivity contribution in [3.63, 3.8) is 0 Å². The lowest BCUT2D eigenvalue weighted by Gasteiger charge is -1.99. The van der Waals surface area contributed by atoms with Crippen LogP contribution in [0.15, 0.2) is 36.9 Å². The molecule has 0 nitrogen and oxygen atoms in total. The third kappa shape index (κ3) is 4.16. The fourth-order valence-corrected chi connectivity index (χ4v) is 1.37. The molecule has 0 bridgehead atoms. The molecule has 1 aromatic rings. The summed E-state index contributed by atoms with van der Waals surface area (Å²) in [5.41, 5.74) is 0. The molecule has 0 aromatic heterocycles. The van der Waals surface area contributed by atoms with Gasteiger partial charge in [0, 0.05) is 0 Å². The zero-order valence-electron chi connectivity index (χ0n) is 9.03. The molecule has 1 atom stereocenters. The maximum Gasteiger partial charge on any atom is -0.0187 e. The Hall–Kier alpha value is -1.30. The quantitative estimate of drug-likeness (QED) is 0.706. The highest BCUT2D eigenvalue weighted by molar-refractivity contribution is 5.39. The topological polar surface area (TPSA) is 0 Å². The van der Waals surface area contributed by atoms with E-state index in [1.54, 1.807) is 0 Å². The van der Waals surface area contributed by atoms with E-state index in [-0.39, 0.29) is 7.43 Å². The van der Waals surface area contributed by atoms with E-state index in [1.807, 2.05) is 12.2 Å². The molecule has 0 spiro atoms. The molecular formula is C15H22. The summed E-state index contributed by atoms with van der Waals surface area (Å²) in [6.07, 6.45) is 7.38. The molecule has 0 radical (unpaired) electrons. The molecule has 0 saturated heterocycles. The number of hydrogen-bond donors (Lipinski definition) is 0. The molecule has 1 aromatic carbocycles. The van der Waals surface area contributed by atoms with Crippen LogP contribution < -0.4 is 10.4 Å². The van der Waals surface area contributed by atoms with Crippen molar-refractivity contribution < 1.29 is 0 Å². The largest absolute Gasteiger partial charge is 0.0990 e. The second-order valence-corrected chi connectivity index (χ2v) is 3.58. The maximum atomic E-state index is 3.73. The van der Waals surface area contributed by atoms with Gasteiger partial charge in [0.25, 0.3) is 0 Å².